The van der Waals surface area contributed by atoms with Gasteiger partial charge in [-0.25, -0.2) is 4.39 Å². The topological polar surface area (TPSA) is 26.0 Å². The van der Waals surface area contributed by atoms with Crippen LogP contribution in [-0.4, -0.2) is 0 Å². The van der Waals surface area contributed by atoms with E-state index in [-0.39, 0.29) is 24.3 Å². The van der Waals surface area contributed by atoms with Crippen molar-refractivity contribution in [3.63, 3.8) is 0 Å². The Kier molecular flexibility index (Phi) is 6.41. The second-order valence-corrected chi connectivity index (χ2v) is 4.85. The van der Waals surface area contributed by atoms with Crippen molar-refractivity contribution >= 4 is 28.3 Å². The molecule has 1 atom stereocenters. The molecule has 0 aromatic heterocycles. The monoisotopic (exact) mass is 295 g/mol. The zero-order valence-corrected chi connectivity index (χ0v) is 11.2. The average molecular weight is 297 g/mol. The third-order valence-electron chi connectivity index (χ3n) is 2.04. The van der Waals surface area contributed by atoms with Gasteiger partial charge in [-0.1, -0.05) is 29.8 Å². The minimum Gasteiger partial charge on any atom is -0.324 e. The molecular weight excluding hydrogens is 280 g/mol. The molecule has 0 saturated heterocycles. The SMILES string of the molecule is CC(C)C[C@H](N)c1cc(F)cc(Br)c1.Cl. The minimum atomic E-state index is -0.242. The Labute approximate surface area is 105 Å². The van der Waals surface area contributed by atoms with Crippen LogP contribution in [0.1, 0.15) is 31.9 Å². The highest BCUT2D eigenvalue weighted by Crippen LogP contribution is 2.23. The summed E-state index contributed by atoms with van der Waals surface area (Å²) in [5.41, 5.74) is 6.80. The molecule has 0 radical (unpaired) electrons. The van der Waals surface area contributed by atoms with Crippen molar-refractivity contribution < 1.29 is 4.39 Å². The maximum atomic E-state index is 13.0. The van der Waals surface area contributed by atoms with Crippen molar-refractivity contribution in [2.75, 3.05) is 0 Å². The van der Waals surface area contributed by atoms with Crippen LogP contribution in [0.4, 0.5) is 4.39 Å². The van der Waals surface area contributed by atoms with Crippen LogP contribution in [0, 0.1) is 11.7 Å². The Bertz CT molecular complexity index is 297. The van der Waals surface area contributed by atoms with Gasteiger partial charge < -0.3 is 5.73 Å². The fourth-order valence-corrected chi connectivity index (χ4v) is 1.92. The van der Waals surface area contributed by atoms with E-state index in [1.165, 1.54) is 12.1 Å². The molecule has 1 aromatic rings. The lowest BCUT2D eigenvalue weighted by molar-refractivity contribution is 0.507. The summed E-state index contributed by atoms with van der Waals surface area (Å²) in [6.07, 6.45) is 0.871. The number of rotatable bonds is 3. The van der Waals surface area contributed by atoms with Gasteiger partial charge in [0.1, 0.15) is 5.82 Å². The maximum absolute atomic E-state index is 13.0. The van der Waals surface area contributed by atoms with Crippen LogP contribution in [0.15, 0.2) is 22.7 Å². The minimum absolute atomic E-state index is 0. The van der Waals surface area contributed by atoms with Crippen LogP contribution in [0.25, 0.3) is 0 Å². The van der Waals surface area contributed by atoms with E-state index in [1.54, 1.807) is 0 Å². The van der Waals surface area contributed by atoms with E-state index in [9.17, 15) is 4.39 Å². The quantitative estimate of drug-likeness (QED) is 0.894. The van der Waals surface area contributed by atoms with Crippen LogP contribution in [0.5, 0.6) is 0 Å². The Balaban J connectivity index is 0.00000196. The zero-order chi connectivity index (χ0) is 10.7. The molecule has 0 saturated carbocycles. The second kappa shape index (κ2) is 6.46. The van der Waals surface area contributed by atoms with Crippen LogP contribution in [0.3, 0.4) is 0 Å². The van der Waals surface area contributed by atoms with E-state index < -0.39 is 0 Å². The van der Waals surface area contributed by atoms with Gasteiger partial charge in [0.15, 0.2) is 0 Å². The molecule has 15 heavy (non-hydrogen) atoms. The number of halogens is 3. The van der Waals surface area contributed by atoms with Crippen LogP contribution in [-0.2, 0) is 0 Å². The fourth-order valence-electron chi connectivity index (χ4n) is 1.43. The average Bonchev–Trinajstić information content (AvgIpc) is 2.00. The Morgan fingerprint density at radius 2 is 1.93 bits per heavy atom. The molecule has 1 rings (SSSR count). The van der Waals surface area contributed by atoms with E-state index in [0.29, 0.717) is 5.92 Å². The summed E-state index contributed by atoms with van der Waals surface area (Å²) in [7, 11) is 0. The molecule has 0 amide bonds. The van der Waals surface area contributed by atoms with E-state index in [2.05, 4.69) is 29.8 Å². The number of benzene rings is 1. The summed E-state index contributed by atoms with van der Waals surface area (Å²) < 4.78 is 13.8. The molecule has 0 spiro atoms. The predicted octanol–water partition coefficient (Wildman–Crippen LogP) is 4.06. The third kappa shape index (κ3) is 4.96. The maximum Gasteiger partial charge on any atom is 0.124 e. The first-order valence-corrected chi connectivity index (χ1v) is 5.50. The van der Waals surface area contributed by atoms with Gasteiger partial charge in [0, 0.05) is 10.5 Å². The lowest BCUT2D eigenvalue weighted by Gasteiger charge is -2.14. The van der Waals surface area contributed by atoms with Crippen molar-refractivity contribution in [1.82, 2.24) is 0 Å². The molecule has 0 aliphatic heterocycles. The molecule has 0 bridgehead atoms. The van der Waals surface area contributed by atoms with E-state index in [4.69, 9.17) is 5.73 Å². The van der Waals surface area contributed by atoms with Gasteiger partial charge >= 0.3 is 0 Å². The Morgan fingerprint density at radius 3 is 2.40 bits per heavy atom. The summed E-state index contributed by atoms with van der Waals surface area (Å²) >= 11 is 3.25. The third-order valence-corrected chi connectivity index (χ3v) is 2.50. The summed E-state index contributed by atoms with van der Waals surface area (Å²) in [5.74, 6) is 0.278. The molecule has 0 aliphatic carbocycles. The second-order valence-electron chi connectivity index (χ2n) is 3.94. The normalized spacial score (nSPS) is 12.4. The number of hydrogen-bond acceptors (Lipinski definition) is 1. The zero-order valence-electron chi connectivity index (χ0n) is 8.84. The summed E-state index contributed by atoms with van der Waals surface area (Å²) in [4.78, 5) is 0. The summed E-state index contributed by atoms with van der Waals surface area (Å²) in [6.45, 7) is 4.21. The standard InChI is InChI=1S/C11H15BrFN.ClH/c1-7(2)3-11(14)8-4-9(12)6-10(13)5-8;/h4-7,11H,3,14H2,1-2H3;1H/t11-;/m0./s1. The van der Waals surface area contributed by atoms with Gasteiger partial charge in [0.25, 0.3) is 0 Å². The van der Waals surface area contributed by atoms with Gasteiger partial charge in [-0.05, 0) is 36.1 Å². The Hall–Kier alpha value is -0.120. The molecule has 0 unspecified atom stereocenters. The molecule has 1 aromatic carbocycles. The van der Waals surface area contributed by atoms with Gasteiger partial charge in [-0.3, -0.25) is 0 Å². The van der Waals surface area contributed by atoms with Crippen molar-refractivity contribution in [3.05, 3.63) is 34.1 Å². The molecule has 4 heteroatoms. The predicted molar refractivity (Wildman–Crippen MR) is 67.7 cm³/mol. The largest absolute Gasteiger partial charge is 0.324 e. The highest BCUT2D eigenvalue weighted by Gasteiger charge is 2.09. The molecular formula is C11H16BrClFN. The lowest BCUT2D eigenvalue weighted by atomic mass is 9.98. The van der Waals surface area contributed by atoms with E-state index >= 15 is 0 Å². The highest BCUT2D eigenvalue weighted by atomic mass is 79.9. The van der Waals surface area contributed by atoms with Crippen molar-refractivity contribution in [3.8, 4) is 0 Å². The van der Waals surface area contributed by atoms with Crippen LogP contribution < -0.4 is 5.73 Å². The van der Waals surface area contributed by atoms with Crippen molar-refractivity contribution in [1.29, 1.82) is 0 Å². The first kappa shape index (κ1) is 14.9. The van der Waals surface area contributed by atoms with E-state index in [0.717, 1.165) is 16.5 Å². The summed E-state index contributed by atoms with van der Waals surface area (Å²) in [5, 5.41) is 0. The van der Waals surface area contributed by atoms with Crippen LogP contribution >= 0.6 is 28.3 Å². The van der Waals surface area contributed by atoms with Gasteiger partial charge in [0.2, 0.25) is 0 Å². The van der Waals surface area contributed by atoms with Crippen LogP contribution in [0.2, 0.25) is 0 Å². The smallest absolute Gasteiger partial charge is 0.124 e. The highest BCUT2D eigenvalue weighted by molar-refractivity contribution is 9.10. The molecule has 0 aliphatic rings. The first-order valence-electron chi connectivity index (χ1n) is 4.70. The molecule has 0 heterocycles. The van der Waals surface area contributed by atoms with Gasteiger partial charge in [-0.15, -0.1) is 12.4 Å². The van der Waals surface area contributed by atoms with E-state index in [1.807, 2.05) is 6.07 Å². The van der Waals surface area contributed by atoms with Gasteiger partial charge in [-0.2, -0.15) is 0 Å². The van der Waals surface area contributed by atoms with Gasteiger partial charge in [0.05, 0.1) is 0 Å². The number of nitrogens with two attached hydrogens (primary N) is 1. The summed E-state index contributed by atoms with van der Waals surface area (Å²) in [6, 6.07) is 4.72. The van der Waals surface area contributed by atoms with Crippen molar-refractivity contribution in [2.24, 2.45) is 11.7 Å². The molecule has 2 N–H and O–H groups in total. The lowest BCUT2D eigenvalue weighted by Crippen LogP contribution is -2.13. The van der Waals surface area contributed by atoms with Crippen molar-refractivity contribution in [2.45, 2.75) is 26.3 Å². The number of hydrogen-bond donors (Lipinski definition) is 1. The molecule has 1 nitrogen and oxygen atoms in total. The first-order chi connectivity index (χ1) is 6.49. The fraction of sp³-hybridized carbons (Fsp3) is 0.455. The molecule has 0 fully saturated rings. The molecule has 86 valence electrons. The Morgan fingerprint density at radius 1 is 1.33 bits per heavy atom.